The van der Waals surface area contributed by atoms with Crippen LogP contribution in [0.1, 0.15) is 41.1 Å². The summed E-state index contributed by atoms with van der Waals surface area (Å²) in [6.45, 7) is 3.42. The first-order valence-corrected chi connectivity index (χ1v) is 15.5. The summed E-state index contributed by atoms with van der Waals surface area (Å²) in [5, 5.41) is 4.66. The van der Waals surface area contributed by atoms with Crippen LogP contribution in [0.5, 0.6) is 11.5 Å². The second kappa shape index (κ2) is 14.4. The molecule has 5 aromatic rings. The second-order valence-electron chi connectivity index (χ2n) is 11.2. The number of para-hydroxylation sites is 1. The summed E-state index contributed by atoms with van der Waals surface area (Å²) >= 11 is 6.82. The maximum absolute atomic E-state index is 13.3. The lowest BCUT2D eigenvalue weighted by Gasteiger charge is -2.23. The number of halogens is 1. The average molecular weight is 606 g/mol. The third kappa shape index (κ3) is 7.57. The molecule has 7 heteroatoms. The van der Waals surface area contributed by atoms with Crippen molar-refractivity contribution in [2.45, 2.75) is 38.5 Å². The van der Waals surface area contributed by atoms with Crippen LogP contribution >= 0.6 is 11.6 Å². The van der Waals surface area contributed by atoms with E-state index in [9.17, 15) is 4.79 Å². The first-order chi connectivity index (χ1) is 21.6. The van der Waals surface area contributed by atoms with Gasteiger partial charge in [0.05, 0.1) is 11.1 Å². The number of carbonyl (C=O) groups excluding carboxylic acids is 1. The molecule has 0 radical (unpaired) electrons. The molecule has 1 atom stereocenters. The molecule has 4 aromatic carbocycles. The number of amides is 1. The molecule has 1 aromatic heterocycles. The fourth-order valence-corrected chi connectivity index (χ4v) is 6.03. The number of likely N-dealkylation sites (tertiary alicyclic amines) is 1. The number of nitrogens with zero attached hydrogens (tertiary/aromatic N) is 2. The molecule has 1 saturated heterocycles. The highest BCUT2D eigenvalue weighted by Gasteiger charge is 2.22. The second-order valence-corrected chi connectivity index (χ2v) is 11.6. The zero-order valence-electron chi connectivity index (χ0n) is 24.6. The standard InChI is InChI=1S/C37H36ClN3O3/c38-33-22-30(37(36-32(33)17-10-18-39-36)44-25-27-11-3-1-4-12-27)23-34(40-35(42)26-43-31-15-5-2-6-16-31)29-14-9-13-28(21-29)24-41-19-7-8-20-41/h1-6,9-18,21-22,34H,7-8,19-20,23-26H2,(H,40,42). The van der Waals surface area contributed by atoms with Gasteiger partial charge in [0.1, 0.15) is 23.6 Å². The molecule has 44 heavy (non-hydrogen) atoms. The molecule has 6 rings (SSSR count). The van der Waals surface area contributed by atoms with Gasteiger partial charge in [0, 0.05) is 30.1 Å². The minimum atomic E-state index is -0.350. The van der Waals surface area contributed by atoms with Crippen LogP contribution in [-0.2, 0) is 24.4 Å². The number of pyridine rings is 1. The fourth-order valence-electron chi connectivity index (χ4n) is 5.75. The summed E-state index contributed by atoms with van der Waals surface area (Å²) in [4.78, 5) is 20.5. The number of fused-ring (bicyclic) bond motifs is 1. The average Bonchev–Trinajstić information content (AvgIpc) is 3.57. The van der Waals surface area contributed by atoms with Gasteiger partial charge < -0.3 is 14.8 Å². The van der Waals surface area contributed by atoms with Crippen LogP contribution in [0.15, 0.2) is 109 Å². The molecular weight excluding hydrogens is 570 g/mol. The monoisotopic (exact) mass is 605 g/mol. The number of hydrogen-bond donors (Lipinski definition) is 1. The van der Waals surface area contributed by atoms with Crippen LogP contribution in [0.3, 0.4) is 0 Å². The van der Waals surface area contributed by atoms with Gasteiger partial charge in [0.15, 0.2) is 6.61 Å². The van der Waals surface area contributed by atoms with Crippen molar-refractivity contribution in [3.05, 3.63) is 137 Å². The highest BCUT2D eigenvalue weighted by atomic mass is 35.5. The predicted molar refractivity (Wildman–Crippen MR) is 175 cm³/mol. The number of nitrogens with one attached hydrogen (secondary N) is 1. The van der Waals surface area contributed by atoms with E-state index < -0.39 is 0 Å². The van der Waals surface area contributed by atoms with E-state index in [1.807, 2.05) is 78.9 Å². The Morgan fingerprint density at radius 2 is 1.61 bits per heavy atom. The number of ether oxygens (including phenoxy) is 2. The molecule has 0 aliphatic carbocycles. The van der Waals surface area contributed by atoms with E-state index in [-0.39, 0.29) is 18.6 Å². The Bertz CT molecular complexity index is 1690. The number of carbonyl (C=O) groups is 1. The topological polar surface area (TPSA) is 63.7 Å². The van der Waals surface area contributed by atoms with Crippen LogP contribution in [-0.4, -0.2) is 35.5 Å². The smallest absolute Gasteiger partial charge is 0.258 e. The van der Waals surface area contributed by atoms with E-state index in [4.69, 9.17) is 21.1 Å². The molecule has 6 nitrogen and oxygen atoms in total. The van der Waals surface area contributed by atoms with Crippen LogP contribution < -0.4 is 14.8 Å². The van der Waals surface area contributed by atoms with Crippen molar-refractivity contribution >= 4 is 28.4 Å². The van der Waals surface area contributed by atoms with Crippen molar-refractivity contribution in [2.75, 3.05) is 19.7 Å². The normalized spacial score (nSPS) is 13.9. The molecule has 0 spiro atoms. The SMILES string of the molecule is O=C(COc1ccccc1)NC(Cc1cc(Cl)c2cccnc2c1OCc1ccccc1)c1cccc(CN2CCCC2)c1. The van der Waals surface area contributed by atoms with E-state index in [2.05, 4.69) is 39.5 Å². The fraction of sp³-hybridized carbons (Fsp3) is 0.243. The molecule has 1 aliphatic heterocycles. The van der Waals surface area contributed by atoms with Gasteiger partial charge in [-0.05, 0) is 73.0 Å². The number of hydrogen-bond acceptors (Lipinski definition) is 5. The predicted octanol–water partition coefficient (Wildman–Crippen LogP) is 7.54. The Balaban J connectivity index is 1.31. The lowest BCUT2D eigenvalue weighted by atomic mass is 9.95. The van der Waals surface area contributed by atoms with Crippen LogP contribution in [0.4, 0.5) is 0 Å². The Morgan fingerprint density at radius 1 is 0.864 bits per heavy atom. The minimum Gasteiger partial charge on any atom is -0.486 e. The minimum absolute atomic E-state index is 0.0919. The Kier molecular flexibility index (Phi) is 9.70. The number of aromatic nitrogens is 1. The van der Waals surface area contributed by atoms with Gasteiger partial charge in [-0.1, -0.05) is 84.4 Å². The third-order valence-corrected chi connectivity index (χ3v) is 8.24. The van der Waals surface area contributed by atoms with Crippen LogP contribution in [0, 0.1) is 0 Å². The molecule has 1 N–H and O–H groups in total. The van der Waals surface area contributed by atoms with Gasteiger partial charge in [0.2, 0.25) is 0 Å². The van der Waals surface area contributed by atoms with Crippen molar-refractivity contribution in [1.29, 1.82) is 0 Å². The molecule has 0 bridgehead atoms. The summed E-state index contributed by atoms with van der Waals surface area (Å²) in [6.07, 6.45) is 4.69. The molecule has 1 aliphatic rings. The lowest BCUT2D eigenvalue weighted by molar-refractivity contribution is -0.123. The van der Waals surface area contributed by atoms with Crippen molar-refractivity contribution in [3.63, 3.8) is 0 Å². The van der Waals surface area contributed by atoms with E-state index in [0.717, 1.165) is 41.7 Å². The molecule has 1 fully saturated rings. The highest BCUT2D eigenvalue weighted by Crippen LogP contribution is 2.37. The number of benzene rings is 4. The summed E-state index contributed by atoms with van der Waals surface area (Å²) in [5.41, 5.74) is 4.86. The Morgan fingerprint density at radius 3 is 2.41 bits per heavy atom. The zero-order chi connectivity index (χ0) is 30.1. The van der Waals surface area contributed by atoms with Gasteiger partial charge >= 0.3 is 0 Å². The maximum Gasteiger partial charge on any atom is 0.258 e. The molecule has 224 valence electrons. The van der Waals surface area contributed by atoms with Crippen LogP contribution in [0.2, 0.25) is 5.02 Å². The van der Waals surface area contributed by atoms with Crippen LogP contribution in [0.25, 0.3) is 10.9 Å². The van der Waals surface area contributed by atoms with Gasteiger partial charge in [0.25, 0.3) is 5.91 Å². The Hall–Kier alpha value is -4.39. The molecule has 1 unspecified atom stereocenters. The summed E-state index contributed by atoms with van der Waals surface area (Å²) in [7, 11) is 0. The van der Waals surface area contributed by atoms with Crippen molar-refractivity contribution in [2.24, 2.45) is 0 Å². The van der Waals surface area contributed by atoms with Gasteiger partial charge in [-0.3, -0.25) is 14.7 Å². The molecular formula is C37H36ClN3O3. The molecule has 0 saturated carbocycles. The maximum atomic E-state index is 13.3. The number of rotatable bonds is 12. The van der Waals surface area contributed by atoms with E-state index in [1.165, 1.54) is 18.4 Å². The van der Waals surface area contributed by atoms with E-state index in [1.54, 1.807) is 6.20 Å². The van der Waals surface area contributed by atoms with Crippen molar-refractivity contribution < 1.29 is 14.3 Å². The van der Waals surface area contributed by atoms with Crippen molar-refractivity contribution in [1.82, 2.24) is 15.2 Å². The molecule has 1 amide bonds. The van der Waals surface area contributed by atoms with Gasteiger partial charge in [-0.2, -0.15) is 0 Å². The largest absolute Gasteiger partial charge is 0.486 e. The quantitative estimate of drug-likeness (QED) is 0.159. The lowest BCUT2D eigenvalue weighted by Crippen LogP contribution is -2.34. The summed E-state index contributed by atoms with van der Waals surface area (Å²) in [6, 6.07) is 33.3. The zero-order valence-corrected chi connectivity index (χ0v) is 25.4. The summed E-state index contributed by atoms with van der Waals surface area (Å²) < 4.78 is 12.3. The van der Waals surface area contributed by atoms with Gasteiger partial charge in [-0.25, -0.2) is 0 Å². The van der Waals surface area contributed by atoms with E-state index in [0.29, 0.717) is 35.1 Å². The van der Waals surface area contributed by atoms with Crippen molar-refractivity contribution in [3.8, 4) is 11.5 Å². The summed E-state index contributed by atoms with van der Waals surface area (Å²) in [5.74, 6) is 1.11. The van der Waals surface area contributed by atoms with Gasteiger partial charge in [-0.15, -0.1) is 0 Å². The highest BCUT2D eigenvalue weighted by molar-refractivity contribution is 6.35. The third-order valence-electron chi connectivity index (χ3n) is 7.93. The molecule has 2 heterocycles. The first-order valence-electron chi connectivity index (χ1n) is 15.1. The van der Waals surface area contributed by atoms with E-state index >= 15 is 0 Å². The first kappa shape index (κ1) is 29.7. The Labute approximate surface area is 263 Å².